The lowest BCUT2D eigenvalue weighted by atomic mass is 10.1. The Bertz CT molecular complexity index is 663. The molecule has 0 fully saturated rings. The van der Waals surface area contributed by atoms with E-state index in [4.69, 9.17) is 4.74 Å². The Kier molecular flexibility index (Phi) is 2.73. The van der Waals surface area contributed by atoms with Gasteiger partial charge >= 0.3 is 0 Å². The van der Waals surface area contributed by atoms with Crippen molar-refractivity contribution in [2.45, 2.75) is 6.92 Å². The molecule has 0 atom stereocenters. The molecule has 0 unspecified atom stereocenters. The molecule has 0 saturated heterocycles. The fourth-order valence-corrected chi connectivity index (χ4v) is 1.94. The van der Waals surface area contributed by atoms with Crippen molar-refractivity contribution >= 4 is 10.8 Å². The monoisotopic (exact) mass is 233 g/mol. The molecule has 87 valence electrons. The Hall–Kier alpha value is -2.28. The van der Waals surface area contributed by atoms with Crippen LogP contribution in [0.1, 0.15) is 5.56 Å². The zero-order valence-corrected chi connectivity index (χ0v) is 10.2. The summed E-state index contributed by atoms with van der Waals surface area (Å²) < 4.78 is 5.93. The molecule has 0 aliphatic heterocycles. The SMILES string of the molecule is Cc1ccc(Oc2cc[c]c3ccccc23)cc1. The van der Waals surface area contributed by atoms with Crippen molar-refractivity contribution in [1.82, 2.24) is 0 Å². The highest BCUT2D eigenvalue weighted by molar-refractivity contribution is 5.87. The first-order chi connectivity index (χ1) is 8.83. The molecule has 18 heavy (non-hydrogen) atoms. The van der Waals surface area contributed by atoms with Crippen LogP contribution in [0.3, 0.4) is 0 Å². The maximum atomic E-state index is 5.93. The number of aryl methyl sites for hydroxylation is 1. The summed E-state index contributed by atoms with van der Waals surface area (Å²) in [7, 11) is 0. The fraction of sp³-hybridized carbons (Fsp3) is 0.0588. The second-order valence-electron chi connectivity index (χ2n) is 4.30. The van der Waals surface area contributed by atoms with Gasteiger partial charge in [0.25, 0.3) is 0 Å². The third-order valence-corrected chi connectivity index (χ3v) is 2.91. The first-order valence-corrected chi connectivity index (χ1v) is 5.97. The number of fused-ring (bicyclic) bond motifs is 1. The largest absolute Gasteiger partial charge is 0.457 e. The van der Waals surface area contributed by atoms with Gasteiger partial charge in [-0.2, -0.15) is 0 Å². The molecular formula is C17H13O. The van der Waals surface area contributed by atoms with E-state index in [9.17, 15) is 0 Å². The fourth-order valence-electron chi connectivity index (χ4n) is 1.94. The molecule has 0 bridgehead atoms. The highest BCUT2D eigenvalue weighted by Crippen LogP contribution is 2.29. The average Bonchev–Trinajstić information content (AvgIpc) is 2.42. The average molecular weight is 233 g/mol. The van der Waals surface area contributed by atoms with E-state index in [0.29, 0.717) is 0 Å². The summed E-state index contributed by atoms with van der Waals surface area (Å²) in [5, 5.41) is 2.16. The Morgan fingerprint density at radius 1 is 0.889 bits per heavy atom. The van der Waals surface area contributed by atoms with Crippen LogP contribution in [0.4, 0.5) is 0 Å². The number of benzene rings is 3. The van der Waals surface area contributed by atoms with Gasteiger partial charge < -0.3 is 4.74 Å². The molecule has 0 aliphatic rings. The standard InChI is InChI=1S/C17H13O/c1-13-9-11-15(12-10-13)18-17-8-4-6-14-5-2-3-7-16(14)17/h2-5,7-12H,1H3. The van der Waals surface area contributed by atoms with Crippen molar-refractivity contribution in [2.75, 3.05) is 0 Å². The zero-order valence-electron chi connectivity index (χ0n) is 10.2. The molecule has 0 heterocycles. The van der Waals surface area contributed by atoms with Gasteiger partial charge in [0.1, 0.15) is 11.5 Å². The number of hydrogen-bond donors (Lipinski definition) is 0. The molecule has 0 saturated carbocycles. The summed E-state index contributed by atoms with van der Waals surface area (Å²) >= 11 is 0. The van der Waals surface area contributed by atoms with Gasteiger partial charge in [-0.05, 0) is 36.6 Å². The summed E-state index contributed by atoms with van der Waals surface area (Å²) in [6.45, 7) is 2.07. The minimum absolute atomic E-state index is 0.858. The van der Waals surface area contributed by atoms with Crippen LogP contribution in [-0.2, 0) is 0 Å². The normalized spacial score (nSPS) is 10.5. The predicted molar refractivity (Wildman–Crippen MR) is 74.0 cm³/mol. The molecule has 0 aliphatic carbocycles. The van der Waals surface area contributed by atoms with Crippen molar-refractivity contribution in [3.63, 3.8) is 0 Å². The number of ether oxygens (including phenoxy) is 1. The molecule has 1 heteroatoms. The molecule has 0 amide bonds. The topological polar surface area (TPSA) is 9.23 Å². The predicted octanol–water partition coefficient (Wildman–Crippen LogP) is 4.74. The lowest BCUT2D eigenvalue weighted by molar-refractivity contribution is 0.488. The minimum atomic E-state index is 0.858. The molecule has 3 aromatic rings. The molecule has 0 spiro atoms. The Balaban J connectivity index is 2.02. The van der Waals surface area contributed by atoms with Crippen LogP contribution in [0.15, 0.2) is 60.7 Å². The molecule has 0 aromatic heterocycles. The van der Waals surface area contributed by atoms with Crippen LogP contribution < -0.4 is 4.74 Å². The lowest BCUT2D eigenvalue weighted by Crippen LogP contribution is -1.86. The van der Waals surface area contributed by atoms with E-state index in [1.54, 1.807) is 0 Å². The van der Waals surface area contributed by atoms with E-state index >= 15 is 0 Å². The van der Waals surface area contributed by atoms with Gasteiger partial charge in [-0.1, -0.05) is 48.0 Å². The molecule has 3 rings (SSSR count). The second kappa shape index (κ2) is 4.53. The van der Waals surface area contributed by atoms with Crippen LogP contribution in [0, 0.1) is 13.0 Å². The first kappa shape index (κ1) is 10.8. The van der Waals surface area contributed by atoms with Gasteiger partial charge in [0, 0.05) is 5.39 Å². The number of rotatable bonds is 2. The highest BCUT2D eigenvalue weighted by atomic mass is 16.5. The van der Waals surface area contributed by atoms with E-state index in [1.807, 2.05) is 54.6 Å². The number of hydrogen-bond acceptors (Lipinski definition) is 1. The highest BCUT2D eigenvalue weighted by Gasteiger charge is 2.02. The summed E-state index contributed by atoms with van der Waals surface area (Å²) in [6, 6.07) is 23.2. The lowest BCUT2D eigenvalue weighted by Gasteiger charge is -2.08. The molecular weight excluding hydrogens is 220 g/mol. The van der Waals surface area contributed by atoms with Gasteiger partial charge in [-0.15, -0.1) is 0 Å². The van der Waals surface area contributed by atoms with Crippen LogP contribution in [0.2, 0.25) is 0 Å². The van der Waals surface area contributed by atoms with Crippen molar-refractivity contribution in [2.24, 2.45) is 0 Å². The Labute approximate surface area is 107 Å². The third-order valence-electron chi connectivity index (χ3n) is 2.91. The zero-order chi connectivity index (χ0) is 12.4. The van der Waals surface area contributed by atoms with Crippen LogP contribution >= 0.6 is 0 Å². The smallest absolute Gasteiger partial charge is 0.135 e. The quantitative estimate of drug-likeness (QED) is 0.621. The Morgan fingerprint density at radius 3 is 2.50 bits per heavy atom. The van der Waals surface area contributed by atoms with Crippen LogP contribution in [0.25, 0.3) is 10.8 Å². The summed E-state index contributed by atoms with van der Waals surface area (Å²) in [6.07, 6.45) is 0. The van der Waals surface area contributed by atoms with E-state index < -0.39 is 0 Å². The van der Waals surface area contributed by atoms with Crippen molar-refractivity contribution in [3.05, 3.63) is 72.3 Å². The van der Waals surface area contributed by atoms with E-state index in [0.717, 1.165) is 22.3 Å². The maximum absolute atomic E-state index is 5.93. The molecule has 3 aromatic carbocycles. The summed E-state index contributed by atoms with van der Waals surface area (Å²) in [4.78, 5) is 0. The van der Waals surface area contributed by atoms with E-state index in [-0.39, 0.29) is 0 Å². The minimum Gasteiger partial charge on any atom is -0.457 e. The summed E-state index contributed by atoms with van der Waals surface area (Å²) in [5.74, 6) is 1.73. The van der Waals surface area contributed by atoms with Gasteiger partial charge in [0.15, 0.2) is 0 Å². The first-order valence-electron chi connectivity index (χ1n) is 5.97. The van der Waals surface area contributed by atoms with Crippen molar-refractivity contribution in [1.29, 1.82) is 0 Å². The Morgan fingerprint density at radius 2 is 1.67 bits per heavy atom. The third kappa shape index (κ3) is 2.07. The van der Waals surface area contributed by atoms with Crippen LogP contribution in [-0.4, -0.2) is 0 Å². The van der Waals surface area contributed by atoms with E-state index in [2.05, 4.69) is 19.1 Å². The van der Waals surface area contributed by atoms with Gasteiger partial charge in [0.2, 0.25) is 0 Å². The summed E-state index contributed by atoms with van der Waals surface area (Å²) in [5.41, 5.74) is 1.23. The molecule has 0 N–H and O–H groups in total. The maximum Gasteiger partial charge on any atom is 0.135 e. The van der Waals surface area contributed by atoms with Gasteiger partial charge in [0.05, 0.1) is 0 Å². The van der Waals surface area contributed by atoms with Gasteiger partial charge in [-0.3, -0.25) is 0 Å². The molecule has 1 radical (unpaired) electrons. The second-order valence-corrected chi connectivity index (χ2v) is 4.30. The molecule has 1 nitrogen and oxygen atoms in total. The van der Waals surface area contributed by atoms with E-state index in [1.165, 1.54) is 5.56 Å². The van der Waals surface area contributed by atoms with Crippen molar-refractivity contribution in [3.8, 4) is 11.5 Å². The van der Waals surface area contributed by atoms with Crippen LogP contribution in [0.5, 0.6) is 11.5 Å². The van der Waals surface area contributed by atoms with Gasteiger partial charge in [-0.25, -0.2) is 0 Å². The van der Waals surface area contributed by atoms with Crippen molar-refractivity contribution < 1.29 is 4.74 Å².